The van der Waals surface area contributed by atoms with Crippen molar-refractivity contribution in [3.8, 4) is 17.3 Å². The molecule has 28 heavy (non-hydrogen) atoms. The average Bonchev–Trinajstić information content (AvgIpc) is 3.09. The Labute approximate surface area is 166 Å². The number of nitrogens with two attached hydrogens (primary N) is 1. The summed E-state index contributed by atoms with van der Waals surface area (Å²) in [6, 6.07) is 8.29. The van der Waals surface area contributed by atoms with Crippen LogP contribution in [-0.4, -0.2) is 25.8 Å². The zero-order valence-electron chi connectivity index (χ0n) is 15.1. The summed E-state index contributed by atoms with van der Waals surface area (Å²) in [5, 5.41) is 12.0. The summed E-state index contributed by atoms with van der Waals surface area (Å²) in [5.41, 5.74) is 9.40. The van der Waals surface area contributed by atoms with E-state index in [1.165, 1.54) is 0 Å². The molecule has 3 rings (SSSR count). The summed E-state index contributed by atoms with van der Waals surface area (Å²) in [4.78, 5) is 27.8. The highest BCUT2D eigenvalue weighted by atomic mass is 35.5. The van der Waals surface area contributed by atoms with Gasteiger partial charge in [-0.2, -0.15) is 5.26 Å². The number of carbonyl (C=O) groups is 1. The molecule has 0 aliphatic carbocycles. The molecule has 2 aromatic heterocycles. The van der Waals surface area contributed by atoms with Gasteiger partial charge in [-0.3, -0.25) is 14.8 Å². The molecule has 2 heterocycles. The van der Waals surface area contributed by atoms with Gasteiger partial charge in [-0.1, -0.05) is 23.7 Å². The Morgan fingerprint density at radius 1 is 1.32 bits per heavy atom. The Morgan fingerprint density at radius 3 is 2.71 bits per heavy atom. The highest BCUT2D eigenvalue weighted by molar-refractivity contribution is 6.31. The summed E-state index contributed by atoms with van der Waals surface area (Å²) in [5.74, 6) is 0.178. The van der Waals surface area contributed by atoms with Gasteiger partial charge in [-0.15, -0.1) is 0 Å². The second-order valence-electron chi connectivity index (χ2n) is 6.21. The van der Waals surface area contributed by atoms with Crippen LogP contribution in [0.1, 0.15) is 35.2 Å². The second-order valence-corrected chi connectivity index (χ2v) is 6.59. The lowest BCUT2D eigenvalue weighted by Gasteiger charge is -2.09. The Hall–Kier alpha value is -3.28. The molecule has 4 N–H and O–H groups in total. The van der Waals surface area contributed by atoms with Crippen molar-refractivity contribution < 1.29 is 4.79 Å². The first-order valence-corrected chi connectivity index (χ1v) is 8.90. The second kappa shape index (κ2) is 8.61. The van der Waals surface area contributed by atoms with Gasteiger partial charge in [0, 0.05) is 18.2 Å². The largest absolute Gasteiger partial charge is 0.350 e. The predicted octanol–water partition coefficient (Wildman–Crippen LogP) is 2.41. The van der Waals surface area contributed by atoms with Gasteiger partial charge in [-0.25, -0.2) is 4.98 Å². The third-order valence-electron chi connectivity index (χ3n) is 4.02. The van der Waals surface area contributed by atoms with Gasteiger partial charge in [0.25, 0.3) is 0 Å². The number of carbonyl (C=O) groups excluding carboxylic acids is 1. The van der Waals surface area contributed by atoms with Crippen LogP contribution in [0, 0.1) is 18.3 Å². The molecule has 0 radical (unpaired) electrons. The smallest absolute Gasteiger partial charge is 0.222 e. The summed E-state index contributed by atoms with van der Waals surface area (Å²) in [6.45, 7) is 2.11. The number of halogens is 1. The number of amides is 1. The summed E-state index contributed by atoms with van der Waals surface area (Å²) in [7, 11) is 0. The minimum atomic E-state index is -0.645. The van der Waals surface area contributed by atoms with E-state index in [2.05, 4.69) is 31.3 Å². The SMILES string of the molecule is Cc1cnc(CNC(=O)CC(N)c2nc(-c3ccc(C#N)cc3)c(Cl)[nH]2)cn1. The molecule has 8 nitrogen and oxygen atoms in total. The topological polar surface area (TPSA) is 133 Å². The monoisotopic (exact) mass is 395 g/mol. The fraction of sp³-hybridized carbons (Fsp3) is 0.211. The van der Waals surface area contributed by atoms with Crippen LogP contribution in [0.2, 0.25) is 5.15 Å². The molecule has 1 atom stereocenters. The van der Waals surface area contributed by atoms with Gasteiger partial charge < -0.3 is 16.0 Å². The number of rotatable bonds is 6. The number of nitriles is 1. The zero-order valence-corrected chi connectivity index (χ0v) is 15.9. The minimum Gasteiger partial charge on any atom is -0.350 e. The van der Waals surface area contributed by atoms with Crippen molar-refractivity contribution in [3.05, 3.63) is 64.6 Å². The number of hydrogen-bond donors (Lipinski definition) is 3. The molecule has 1 unspecified atom stereocenters. The minimum absolute atomic E-state index is 0.0376. The molecule has 0 spiro atoms. The molecule has 1 aromatic carbocycles. The van der Waals surface area contributed by atoms with Gasteiger partial charge in [0.1, 0.15) is 16.7 Å². The van der Waals surface area contributed by atoms with Crippen molar-refractivity contribution in [3.63, 3.8) is 0 Å². The van der Waals surface area contributed by atoms with Crippen LogP contribution in [0.3, 0.4) is 0 Å². The molecule has 142 valence electrons. The molecule has 1 amide bonds. The van der Waals surface area contributed by atoms with Crippen molar-refractivity contribution in [2.24, 2.45) is 5.73 Å². The lowest BCUT2D eigenvalue weighted by molar-refractivity contribution is -0.121. The predicted molar refractivity (Wildman–Crippen MR) is 104 cm³/mol. The number of aromatic nitrogens is 4. The van der Waals surface area contributed by atoms with E-state index in [9.17, 15) is 4.79 Å². The van der Waals surface area contributed by atoms with Crippen molar-refractivity contribution in [2.45, 2.75) is 25.9 Å². The Bertz CT molecular complexity index is 1010. The van der Waals surface area contributed by atoms with E-state index >= 15 is 0 Å². The van der Waals surface area contributed by atoms with Gasteiger partial charge in [0.05, 0.1) is 41.8 Å². The van der Waals surface area contributed by atoms with Crippen molar-refractivity contribution in [1.82, 2.24) is 25.3 Å². The molecular weight excluding hydrogens is 378 g/mol. The van der Waals surface area contributed by atoms with Crippen LogP contribution in [-0.2, 0) is 11.3 Å². The van der Waals surface area contributed by atoms with E-state index in [-0.39, 0.29) is 18.9 Å². The molecule has 0 aliphatic rings. The van der Waals surface area contributed by atoms with Crippen LogP contribution >= 0.6 is 11.6 Å². The lowest BCUT2D eigenvalue weighted by Crippen LogP contribution is -2.28. The quantitative estimate of drug-likeness (QED) is 0.586. The van der Waals surface area contributed by atoms with E-state index in [1.54, 1.807) is 36.7 Å². The molecule has 0 saturated heterocycles. The molecular formula is C19H18ClN7O. The molecule has 0 saturated carbocycles. The van der Waals surface area contributed by atoms with E-state index in [0.717, 1.165) is 11.3 Å². The number of nitrogens with one attached hydrogen (secondary N) is 2. The van der Waals surface area contributed by atoms with Crippen LogP contribution in [0.5, 0.6) is 0 Å². The summed E-state index contributed by atoms with van der Waals surface area (Å²) in [6.07, 6.45) is 3.30. The Balaban J connectivity index is 1.62. The number of benzene rings is 1. The van der Waals surface area contributed by atoms with Gasteiger partial charge in [0.15, 0.2) is 0 Å². The fourth-order valence-corrected chi connectivity index (χ4v) is 2.76. The maximum absolute atomic E-state index is 12.2. The summed E-state index contributed by atoms with van der Waals surface area (Å²) < 4.78 is 0. The molecule has 0 aliphatic heterocycles. The number of aryl methyl sites for hydroxylation is 1. The van der Waals surface area contributed by atoms with E-state index < -0.39 is 6.04 Å². The molecule has 0 fully saturated rings. The average molecular weight is 396 g/mol. The Morgan fingerprint density at radius 2 is 2.07 bits per heavy atom. The van der Waals surface area contributed by atoms with E-state index in [4.69, 9.17) is 22.6 Å². The number of imidazole rings is 1. The first-order valence-electron chi connectivity index (χ1n) is 8.52. The maximum Gasteiger partial charge on any atom is 0.222 e. The van der Waals surface area contributed by atoms with Crippen molar-refractivity contribution in [1.29, 1.82) is 5.26 Å². The standard InChI is InChI=1S/C19H18ClN7O/c1-11-8-24-14(9-23-11)10-25-16(28)6-15(22)19-26-17(18(20)27-19)13-4-2-12(7-21)3-5-13/h2-5,8-9,15H,6,10,22H2,1H3,(H,25,28)(H,26,27). The zero-order chi connectivity index (χ0) is 20.1. The van der Waals surface area contributed by atoms with Gasteiger partial charge >= 0.3 is 0 Å². The van der Waals surface area contributed by atoms with Crippen LogP contribution < -0.4 is 11.1 Å². The Kier molecular flexibility index (Phi) is 5.99. The normalized spacial score (nSPS) is 11.6. The van der Waals surface area contributed by atoms with Crippen molar-refractivity contribution in [2.75, 3.05) is 0 Å². The van der Waals surface area contributed by atoms with Crippen LogP contribution in [0.25, 0.3) is 11.3 Å². The van der Waals surface area contributed by atoms with E-state index in [1.807, 2.05) is 6.92 Å². The number of hydrogen-bond acceptors (Lipinski definition) is 6. The first-order chi connectivity index (χ1) is 13.5. The van der Waals surface area contributed by atoms with Crippen LogP contribution in [0.15, 0.2) is 36.7 Å². The maximum atomic E-state index is 12.2. The first kappa shape index (κ1) is 19.5. The van der Waals surface area contributed by atoms with Crippen LogP contribution in [0.4, 0.5) is 0 Å². The molecule has 3 aromatic rings. The number of nitrogens with zero attached hydrogens (tertiary/aromatic N) is 4. The van der Waals surface area contributed by atoms with E-state index in [0.29, 0.717) is 27.9 Å². The van der Waals surface area contributed by atoms with Gasteiger partial charge in [0.2, 0.25) is 5.91 Å². The highest BCUT2D eigenvalue weighted by Gasteiger charge is 2.18. The summed E-state index contributed by atoms with van der Waals surface area (Å²) >= 11 is 6.23. The number of aromatic amines is 1. The molecule has 9 heteroatoms. The third-order valence-corrected chi connectivity index (χ3v) is 4.30. The number of H-pyrrole nitrogens is 1. The van der Waals surface area contributed by atoms with Gasteiger partial charge in [-0.05, 0) is 19.1 Å². The highest BCUT2D eigenvalue weighted by Crippen LogP contribution is 2.27. The third kappa shape index (κ3) is 4.71. The fourth-order valence-electron chi connectivity index (χ4n) is 2.51. The van der Waals surface area contributed by atoms with Crippen molar-refractivity contribution >= 4 is 17.5 Å². The lowest BCUT2D eigenvalue weighted by atomic mass is 10.1. The molecule has 0 bridgehead atoms.